The summed E-state index contributed by atoms with van der Waals surface area (Å²) in [6, 6.07) is 5.04. The average molecular weight is 307 g/mol. The van der Waals surface area contributed by atoms with Crippen molar-refractivity contribution in [3.8, 4) is 0 Å². The summed E-state index contributed by atoms with van der Waals surface area (Å²) in [4.78, 5) is 8.67. The quantitative estimate of drug-likeness (QED) is 0.924. The van der Waals surface area contributed by atoms with Crippen LogP contribution in [0, 0.1) is 0 Å². The van der Waals surface area contributed by atoms with Crippen LogP contribution in [-0.4, -0.2) is 43.4 Å². The monoisotopic (exact) mass is 307 g/mol. The van der Waals surface area contributed by atoms with E-state index < -0.39 is 9.84 Å². The van der Waals surface area contributed by atoms with Gasteiger partial charge in [0.1, 0.15) is 12.1 Å². The number of nitrogens with one attached hydrogen (secondary N) is 1. The van der Waals surface area contributed by atoms with E-state index in [4.69, 9.17) is 4.74 Å². The molecule has 0 radical (unpaired) electrons. The molecule has 6 nitrogen and oxygen atoms in total. The molecule has 0 bridgehead atoms. The zero-order valence-electron chi connectivity index (χ0n) is 12.1. The maximum atomic E-state index is 11.7. The molecule has 0 amide bonds. The van der Waals surface area contributed by atoms with Crippen molar-refractivity contribution in [3.63, 3.8) is 0 Å². The van der Waals surface area contributed by atoms with Crippen LogP contribution in [0.1, 0.15) is 13.3 Å². The zero-order valence-corrected chi connectivity index (χ0v) is 12.9. The number of rotatable bonds is 4. The number of ether oxygens (including phenoxy) is 1. The fourth-order valence-electron chi connectivity index (χ4n) is 2.32. The van der Waals surface area contributed by atoms with E-state index in [1.54, 1.807) is 25.3 Å². The summed E-state index contributed by atoms with van der Waals surface area (Å²) >= 11 is 0. The van der Waals surface area contributed by atoms with Gasteiger partial charge in [0.25, 0.3) is 0 Å². The Balaban J connectivity index is 2.02. The lowest BCUT2D eigenvalue weighted by molar-refractivity contribution is 0.0936. The third kappa shape index (κ3) is 2.58. The maximum Gasteiger partial charge on any atom is 0.175 e. The summed E-state index contributed by atoms with van der Waals surface area (Å²) in [6.07, 6.45) is 3.55. The molecule has 1 fully saturated rings. The SMILES string of the molecule is CO[C@@]1(C)C[C@H]1Nc1ncnc2ccc(S(C)(=O)=O)cc12. The van der Waals surface area contributed by atoms with E-state index >= 15 is 0 Å². The van der Waals surface area contributed by atoms with Crippen LogP contribution in [0.25, 0.3) is 10.9 Å². The summed E-state index contributed by atoms with van der Waals surface area (Å²) in [6.45, 7) is 2.02. The third-order valence-corrected chi connectivity index (χ3v) is 5.11. The molecule has 112 valence electrons. The first kappa shape index (κ1) is 14.2. The summed E-state index contributed by atoms with van der Waals surface area (Å²) < 4.78 is 28.8. The van der Waals surface area contributed by atoms with Gasteiger partial charge in [0, 0.05) is 25.2 Å². The Bertz CT molecular complexity index is 806. The number of aromatic nitrogens is 2. The Labute approximate surface area is 123 Å². The summed E-state index contributed by atoms with van der Waals surface area (Å²) in [5.41, 5.74) is 0.519. The van der Waals surface area contributed by atoms with E-state index in [9.17, 15) is 8.42 Å². The molecular formula is C14H17N3O3S. The normalized spacial score (nSPS) is 25.0. The molecule has 7 heteroatoms. The number of nitrogens with zero attached hydrogens (tertiary/aromatic N) is 2. The number of anilines is 1. The van der Waals surface area contributed by atoms with Gasteiger partial charge in [-0.05, 0) is 25.1 Å². The Kier molecular flexibility index (Phi) is 3.14. The predicted octanol–water partition coefficient (Wildman–Crippen LogP) is 1.62. The number of benzene rings is 1. The number of hydrogen-bond acceptors (Lipinski definition) is 6. The molecule has 3 rings (SSSR count). The molecule has 1 aromatic heterocycles. The molecule has 1 aromatic carbocycles. The summed E-state index contributed by atoms with van der Waals surface area (Å²) in [5.74, 6) is 0.635. The van der Waals surface area contributed by atoms with Crippen LogP contribution in [-0.2, 0) is 14.6 Å². The highest BCUT2D eigenvalue weighted by molar-refractivity contribution is 7.90. The molecule has 1 aliphatic carbocycles. The molecule has 1 aliphatic rings. The predicted molar refractivity (Wildman–Crippen MR) is 80.1 cm³/mol. The Hall–Kier alpha value is -1.73. The van der Waals surface area contributed by atoms with Gasteiger partial charge in [0.15, 0.2) is 9.84 Å². The van der Waals surface area contributed by atoms with Gasteiger partial charge in [0.05, 0.1) is 22.1 Å². The van der Waals surface area contributed by atoms with Gasteiger partial charge in [-0.3, -0.25) is 0 Å². The molecule has 2 aromatic rings. The van der Waals surface area contributed by atoms with E-state index in [1.807, 2.05) is 6.92 Å². The first-order valence-electron chi connectivity index (χ1n) is 6.60. The number of fused-ring (bicyclic) bond motifs is 1. The zero-order chi connectivity index (χ0) is 15.3. The first-order chi connectivity index (χ1) is 9.83. The van der Waals surface area contributed by atoms with Crippen molar-refractivity contribution < 1.29 is 13.2 Å². The van der Waals surface area contributed by atoms with E-state index in [-0.39, 0.29) is 16.5 Å². The minimum absolute atomic E-state index is 0.169. The van der Waals surface area contributed by atoms with Crippen LogP contribution in [0.2, 0.25) is 0 Å². The highest BCUT2D eigenvalue weighted by atomic mass is 32.2. The lowest BCUT2D eigenvalue weighted by Gasteiger charge is -2.12. The van der Waals surface area contributed by atoms with Crippen LogP contribution in [0.5, 0.6) is 0 Å². The van der Waals surface area contributed by atoms with Crippen LogP contribution in [0.3, 0.4) is 0 Å². The van der Waals surface area contributed by atoms with Crippen molar-refractivity contribution in [2.45, 2.75) is 29.9 Å². The Morgan fingerprint density at radius 3 is 2.76 bits per heavy atom. The fraction of sp³-hybridized carbons (Fsp3) is 0.429. The number of hydrogen-bond donors (Lipinski definition) is 1. The Morgan fingerprint density at radius 2 is 2.14 bits per heavy atom. The van der Waals surface area contributed by atoms with Crippen LogP contribution in [0.4, 0.5) is 5.82 Å². The largest absolute Gasteiger partial charge is 0.376 e. The molecule has 21 heavy (non-hydrogen) atoms. The second-order valence-corrected chi connectivity index (χ2v) is 7.61. The minimum atomic E-state index is -3.26. The maximum absolute atomic E-state index is 11.7. The van der Waals surface area contributed by atoms with Crippen molar-refractivity contribution in [1.82, 2.24) is 9.97 Å². The van der Waals surface area contributed by atoms with Gasteiger partial charge < -0.3 is 10.1 Å². The molecule has 2 atom stereocenters. The van der Waals surface area contributed by atoms with Crippen molar-refractivity contribution in [2.24, 2.45) is 0 Å². The molecule has 0 aliphatic heterocycles. The lowest BCUT2D eigenvalue weighted by atomic mass is 10.2. The van der Waals surface area contributed by atoms with Gasteiger partial charge in [-0.2, -0.15) is 0 Å². The van der Waals surface area contributed by atoms with Crippen molar-refractivity contribution >= 4 is 26.6 Å². The van der Waals surface area contributed by atoms with Crippen molar-refractivity contribution in [2.75, 3.05) is 18.7 Å². The second kappa shape index (κ2) is 4.64. The van der Waals surface area contributed by atoms with Gasteiger partial charge in [0.2, 0.25) is 0 Å². The van der Waals surface area contributed by atoms with Gasteiger partial charge in [-0.15, -0.1) is 0 Å². The number of methoxy groups -OCH3 is 1. The highest BCUT2D eigenvalue weighted by Crippen LogP contribution is 2.41. The van der Waals surface area contributed by atoms with E-state index in [2.05, 4.69) is 15.3 Å². The van der Waals surface area contributed by atoms with Crippen LogP contribution >= 0.6 is 0 Å². The molecular weight excluding hydrogens is 290 g/mol. The summed E-state index contributed by atoms with van der Waals surface area (Å²) in [5, 5.41) is 4.01. The van der Waals surface area contributed by atoms with E-state index in [0.717, 1.165) is 6.42 Å². The van der Waals surface area contributed by atoms with Crippen LogP contribution < -0.4 is 5.32 Å². The average Bonchev–Trinajstić information content (AvgIpc) is 3.09. The minimum Gasteiger partial charge on any atom is -0.376 e. The lowest BCUT2D eigenvalue weighted by Crippen LogP contribution is -2.19. The molecule has 0 unspecified atom stereocenters. The Morgan fingerprint density at radius 1 is 1.38 bits per heavy atom. The molecule has 0 spiro atoms. The second-order valence-electron chi connectivity index (χ2n) is 5.59. The topological polar surface area (TPSA) is 81.2 Å². The van der Waals surface area contributed by atoms with Gasteiger partial charge in [-0.25, -0.2) is 18.4 Å². The van der Waals surface area contributed by atoms with E-state index in [0.29, 0.717) is 16.7 Å². The van der Waals surface area contributed by atoms with Crippen molar-refractivity contribution in [1.29, 1.82) is 0 Å². The van der Waals surface area contributed by atoms with Gasteiger partial charge in [-0.1, -0.05) is 0 Å². The third-order valence-electron chi connectivity index (χ3n) is 4.00. The van der Waals surface area contributed by atoms with Gasteiger partial charge >= 0.3 is 0 Å². The summed E-state index contributed by atoms with van der Waals surface area (Å²) in [7, 11) is -1.58. The molecule has 1 N–H and O–H groups in total. The number of sulfone groups is 1. The highest BCUT2D eigenvalue weighted by Gasteiger charge is 2.51. The molecule has 1 heterocycles. The van der Waals surface area contributed by atoms with E-state index in [1.165, 1.54) is 12.6 Å². The molecule has 1 saturated carbocycles. The first-order valence-corrected chi connectivity index (χ1v) is 8.49. The fourth-order valence-corrected chi connectivity index (χ4v) is 2.97. The molecule has 0 saturated heterocycles. The van der Waals surface area contributed by atoms with Crippen molar-refractivity contribution in [3.05, 3.63) is 24.5 Å². The smallest absolute Gasteiger partial charge is 0.175 e. The standard InChI is InChI=1S/C14H17N3O3S/c1-14(20-2)7-12(14)17-13-10-6-9(21(3,18)19)4-5-11(10)15-8-16-13/h4-6,8,12H,7H2,1-3H3,(H,15,16,17)/t12-,14+/m1/s1. The van der Waals surface area contributed by atoms with Crippen LogP contribution in [0.15, 0.2) is 29.4 Å².